The van der Waals surface area contributed by atoms with Gasteiger partial charge < -0.3 is 4.74 Å². The Morgan fingerprint density at radius 3 is 2.09 bits per heavy atom. The molecule has 4 nitrogen and oxygen atoms in total. The zero-order valence-corrected chi connectivity index (χ0v) is 19.5. The van der Waals surface area contributed by atoms with Crippen molar-refractivity contribution in [3.05, 3.63) is 108 Å². The largest absolute Gasteiger partial charge is 0.497 e. The normalized spacial score (nSPS) is 21.0. The maximum atomic E-state index is 13.9. The smallest absolute Gasteiger partial charge is 0.244 e. The first-order valence-electron chi connectivity index (χ1n) is 10.8. The molecule has 1 aliphatic rings. The number of nitrogens with zero attached hydrogens (tertiary/aromatic N) is 1. The van der Waals surface area contributed by atoms with Crippen LogP contribution in [0.5, 0.6) is 5.75 Å². The molecule has 4 atom stereocenters. The number of hydrogen-bond donors (Lipinski definition) is 0. The molecular weight excluding hydrogens is 418 g/mol. The van der Waals surface area contributed by atoms with Crippen LogP contribution in [0, 0.1) is 13.8 Å². The van der Waals surface area contributed by atoms with E-state index in [0.717, 1.165) is 11.1 Å². The van der Waals surface area contributed by atoms with Gasteiger partial charge in [0.15, 0.2) is 0 Å². The Hall–Kier alpha value is -2.89. The molecule has 166 valence electrons. The fourth-order valence-corrected chi connectivity index (χ4v) is 7.00. The molecule has 3 aromatic rings. The van der Waals surface area contributed by atoms with E-state index in [1.54, 1.807) is 23.5 Å². The van der Waals surface area contributed by atoms with E-state index in [0.29, 0.717) is 28.2 Å². The molecule has 0 aliphatic carbocycles. The summed E-state index contributed by atoms with van der Waals surface area (Å²) in [6, 6.07) is 23.3. The fraction of sp³-hybridized carbons (Fsp3) is 0.259. The van der Waals surface area contributed by atoms with E-state index in [1.165, 1.54) is 0 Å². The van der Waals surface area contributed by atoms with Crippen LogP contribution in [-0.4, -0.2) is 31.9 Å². The van der Waals surface area contributed by atoms with Crippen LogP contribution in [0.1, 0.15) is 28.2 Å². The van der Waals surface area contributed by atoms with Crippen LogP contribution in [0.3, 0.4) is 0 Å². The lowest BCUT2D eigenvalue weighted by molar-refractivity contribution is 0.413. The Labute approximate surface area is 191 Å². The predicted molar refractivity (Wildman–Crippen MR) is 129 cm³/mol. The maximum absolute atomic E-state index is 13.9. The van der Waals surface area contributed by atoms with Gasteiger partial charge in [0, 0.05) is 12.0 Å². The van der Waals surface area contributed by atoms with Crippen molar-refractivity contribution in [2.45, 2.75) is 43.2 Å². The Morgan fingerprint density at radius 1 is 1.00 bits per heavy atom. The lowest BCUT2D eigenvalue weighted by atomic mass is 9.92. The minimum atomic E-state index is -3.70. The zero-order valence-electron chi connectivity index (χ0n) is 18.7. The van der Waals surface area contributed by atoms with Crippen LogP contribution in [0.25, 0.3) is 0 Å². The van der Waals surface area contributed by atoms with Gasteiger partial charge in [-0.05, 0) is 54.7 Å². The van der Waals surface area contributed by atoms with Gasteiger partial charge in [0.2, 0.25) is 10.0 Å². The molecule has 0 N–H and O–H groups in total. The molecule has 0 amide bonds. The molecule has 0 spiro atoms. The van der Waals surface area contributed by atoms with Crippen molar-refractivity contribution in [3.63, 3.8) is 0 Å². The van der Waals surface area contributed by atoms with E-state index in [2.05, 4.69) is 18.7 Å². The highest BCUT2D eigenvalue weighted by Crippen LogP contribution is 2.47. The average molecular weight is 448 g/mol. The first-order valence-corrected chi connectivity index (χ1v) is 12.2. The molecule has 1 fully saturated rings. The highest BCUT2D eigenvalue weighted by Gasteiger charge is 2.58. The van der Waals surface area contributed by atoms with Gasteiger partial charge in [0.05, 0.1) is 18.0 Å². The van der Waals surface area contributed by atoms with E-state index >= 15 is 0 Å². The molecule has 32 heavy (non-hydrogen) atoms. The summed E-state index contributed by atoms with van der Waals surface area (Å²) in [6.45, 7) is 7.71. The van der Waals surface area contributed by atoms with Gasteiger partial charge in [-0.1, -0.05) is 66.7 Å². The summed E-state index contributed by atoms with van der Waals surface area (Å²) in [4.78, 5) is 0.370. The van der Waals surface area contributed by atoms with Gasteiger partial charge in [-0.15, -0.1) is 6.58 Å². The number of rotatable bonds is 8. The minimum Gasteiger partial charge on any atom is -0.497 e. The SMILES string of the molecule is C=CC(c1ccccc1)[C@H]1[C@H](Cc2ccccc2)N1S(=O)(=O)c1c(C)cc(OC)cc1C. The number of sulfonamides is 1. The van der Waals surface area contributed by atoms with E-state index in [4.69, 9.17) is 4.74 Å². The van der Waals surface area contributed by atoms with Crippen molar-refractivity contribution in [1.29, 1.82) is 0 Å². The second-order valence-corrected chi connectivity index (χ2v) is 10.1. The third-order valence-electron chi connectivity index (χ3n) is 6.22. The van der Waals surface area contributed by atoms with E-state index in [-0.39, 0.29) is 18.0 Å². The zero-order chi connectivity index (χ0) is 22.9. The van der Waals surface area contributed by atoms with Gasteiger partial charge in [0.1, 0.15) is 5.75 Å². The second kappa shape index (κ2) is 8.93. The first-order chi connectivity index (χ1) is 15.4. The summed E-state index contributed by atoms with van der Waals surface area (Å²) in [5.74, 6) is 0.578. The van der Waals surface area contributed by atoms with Crippen LogP contribution in [0.2, 0.25) is 0 Å². The van der Waals surface area contributed by atoms with Crippen molar-refractivity contribution >= 4 is 10.0 Å². The van der Waals surface area contributed by atoms with Crippen molar-refractivity contribution in [1.82, 2.24) is 4.31 Å². The maximum Gasteiger partial charge on any atom is 0.244 e. The molecule has 0 saturated carbocycles. The van der Waals surface area contributed by atoms with Crippen LogP contribution in [0.15, 0.2) is 90.3 Å². The molecule has 0 radical (unpaired) electrons. The molecule has 1 saturated heterocycles. The number of benzene rings is 3. The topological polar surface area (TPSA) is 46.4 Å². The molecule has 1 aliphatic heterocycles. The molecular formula is C27H29NO3S. The molecule has 2 unspecified atom stereocenters. The summed E-state index contributed by atoms with van der Waals surface area (Å²) < 4.78 is 34.9. The summed E-state index contributed by atoms with van der Waals surface area (Å²) >= 11 is 0. The number of aryl methyl sites for hydroxylation is 2. The number of ether oxygens (including phenoxy) is 1. The third-order valence-corrected chi connectivity index (χ3v) is 8.45. The lowest BCUT2D eigenvalue weighted by Gasteiger charge is -2.16. The number of hydrogen-bond acceptors (Lipinski definition) is 3. The Balaban J connectivity index is 1.76. The van der Waals surface area contributed by atoms with E-state index < -0.39 is 10.0 Å². The van der Waals surface area contributed by atoms with E-state index in [1.807, 2.05) is 68.5 Å². The second-order valence-electron chi connectivity index (χ2n) is 8.35. The van der Waals surface area contributed by atoms with Gasteiger partial charge in [-0.2, -0.15) is 4.31 Å². The Bertz CT molecular complexity index is 1180. The third kappa shape index (κ3) is 4.10. The predicted octanol–water partition coefficient (Wildman–Crippen LogP) is 5.27. The molecule has 4 rings (SSSR count). The van der Waals surface area contributed by atoms with Crippen molar-refractivity contribution < 1.29 is 13.2 Å². The molecule has 1 heterocycles. The van der Waals surface area contributed by atoms with Gasteiger partial charge in [0.25, 0.3) is 0 Å². The van der Waals surface area contributed by atoms with Gasteiger partial charge in [-0.3, -0.25) is 0 Å². The van der Waals surface area contributed by atoms with Gasteiger partial charge in [-0.25, -0.2) is 8.42 Å². The summed E-state index contributed by atoms with van der Waals surface area (Å²) in [7, 11) is -2.11. The monoisotopic (exact) mass is 447 g/mol. The van der Waals surface area contributed by atoms with Crippen LogP contribution < -0.4 is 4.74 Å². The van der Waals surface area contributed by atoms with Crippen LogP contribution in [0.4, 0.5) is 0 Å². The summed E-state index contributed by atoms with van der Waals surface area (Å²) in [5, 5.41) is 0. The summed E-state index contributed by atoms with van der Waals surface area (Å²) in [6.07, 6.45) is 2.54. The highest BCUT2D eigenvalue weighted by atomic mass is 32.2. The highest BCUT2D eigenvalue weighted by molar-refractivity contribution is 7.89. The first kappa shape index (κ1) is 22.3. The molecule has 0 bridgehead atoms. The van der Waals surface area contributed by atoms with Crippen molar-refractivity contribution in [2.24, 2.45) is 0 Å². The van der Waals surface area contributed by atoms with Crippen molar-refractivity contribution in [3.8, 4) is 5.75 Å². The minimum absolute atomic E-state index is 0.0847. The molecule has 5 heteroatoms. The van der Waals surface area contributed by atoms with Crippen LogP contribution in [-0.2, 0) is 16.4 Å². The average Bonchev–Trinajstić information content (AvgIpc) is 3.49. The summed E-state index contributed by atoms with van der Waals surface area (Å²) in [5.41, 5.74) is 3.59. The van der Waals surface area contributed by atoms with E-state index in [9.17, 15) is 8.42 Å². The molecule has 0 aromatic heterocycles. The van der Waals surface area contributed by atoms with Crippen LogP contribution >= 0.6 is 0 Å². The lowest BCUT2D eigenvalue weighted by Crippen LogP contribution is -2.20. The Kier molecular flexibility index (Phi) is 6.22. The Morgan fingerprint density at radius 2 is 1.56 bits per heavy atom. The van der Waals surface area contributed by atoms with Crippen molar-refractivity contribution in [2.75, 3.05) is 7.11 Å². The molecule has 3 aromatic carbocycles. The quantitative estimate of drug-likeness (QED) is 0.349. The standard InChI is InChI=1S/C27H29NO3S/c1-5-24(22-14-10-7-11-15-22)26-25(18-21-12-8-6-9-13-21)28(26)32(29,30)27-19(2)16-23(31-4)17-20(27)3/h5-17,24-26H,1,18H2,2-4H3/t24?,25-,26-,28?/m0/s1. The fourth-order valence-electron chi connectivity index (χ4n) is 4.77. The number of methoxy groups -OCH3 is 1. The van der Waals surface area contributed by atoms with Gasteiger partial charge >= 0.3 is 0 Å².